The molecule has 104 valence electrons. The van der Waals surface area contributed by atoms with Crippen LogP contribution in [0.5, 0.6) is 0 Å². The van der Waals surface area contributed by atoms with Crippen molar-refractivity contribution in [2.75, 3.05) is 0 Å². The third kappa shape index (κ3) is 3.17. The topological polar surface area (TPSA) is 75.7 Å². The minimum absolute atomic E-state index is 0.0434. The highest BCUT2D eigenvalue weighted by atomic mass is 32.2. The maximum atomic E-state index is 7.74. The Balaban J connectivity index is 2.49. The van der Waals surface area contributed by atoms with E-state index in [0.29, 0.717) is 5.56 Å². The van der Waals surface area contributed by atoms with Crippen molar-refractivity contribution < 1.29 is 0 Å². The third-order valence-corrected chi connectivity index (χ3v) is 3.76. The van der Waals surface area contributed by atoms with Crippen LogP contribution in [0.4, 0.5) is 0 Å². The summed E-state index contributed by atoms with van der Waals surface area (Å²) in [4.78, 5) is 9.01. The van der Waals surface area contributed by atoms with Crippen molar-refractivity contribution in [2.45, 2.75) is 37.7 Å². The third-order valence-electron chi connectivity index (χ3n) is 2.86. The highest BCUT2D eigenvalue weighted by molar-refractivity contribution is 7.99. The van der Waals surface area contributed by atoms with E-state index in [4.69, 9.17) is 11.1 Å². The number of amidine groups is 1. The molecule has 0 aliphatic heterocycles. The standard InChI is InChI=1S/C15H18N4S/c1-8-5-10(3)18-12(6-8)20-15-13(14(16)17)9(2)7-11(4)19-15/h5-7H,1-4H3,(H3,16,17). The summed E-state index contributed by atoms with van der Waals surface area (Å²) in [5.41, 5.74) is 10.4. The lowest BCUT2D eigenvalue weighted by molar-refractivity contribution is 1.01. The molecular formula is C15H18N4S. The van der Waals surface area contributed by atoms with Crippen LogP contribution in [0.2, 0.25) is 0 Å². The van der Waals surface area contributed by atoms with Gasteiger partial charge in [-0.2, -0.15) is 0 Å². The number of nitrogens with two attached hydrogens (primary N) is 1. The lowest BCUT2D eigenvalue weighted by atomic mass is 10.1. The zero-order chi connectivity index (χ0) is 14.9. The fraction of sp³-hybridized carbons (Fsp3) is 0.267. The van der Waals surface area contributed by atoms with Gasteiger partial charge in [0.15, 0.2) is 0 Å². The van der Waals surface area contributed by atoms with Crippen molar-refractivity contribution in [1.29, 1.82) is 5.41 Å². The first-order chi connectivity index (χ1) is 9.36. The van der Waals surface area contributed by atoms with Gasteiger partial charge in [0, 0.05) is 11.4 Å². The molecule has 0 aliphatic carbocycles. The Hall–Kier alpha value is -1.88. The van der Waals surface area contributed by atoms with Crippen LogP contribution in [0.3, 0.4) is 0 Å². The van der Waals surface area contributed by atoms with E-state index in [1.165, 1.54) is 11.8 Å². The minimum atomic E-state index is 0.0434. The largest absolute Gasteiger partial charge is 0.384 e. The Labute approximate surface area is 123 Å². The van der Waals surface area contributed by atoms with Crippen LogP contribution in [0.1, 0.15) is 28.1 Å². The molecule has 0 saturated heterocycles. The number of nitrogen functional groups attached to an aromatic ring is 1. The van der Waals surface area contributed by atoms with E-state index in [2.05, 4.69) is 9.97 Å². The van der Waals surface area contributed by atoms with Crippen LogP contribution in [0, 0.1) is 33.1 Å². The van der Waals surface area contributed by atoms with Crippen LogP contribution >= 0.6 is 11.8 Å². The monoisotopic (exact) mass is 286 g/mol. The average Bonchev–Trinajstić information content (AvgIpc) is 2.25. The molecule has 4 nitrogen and oxygen atoms in total. The second-order valence-electron chi connectivity index (χ2n) is 4.90. The van der Waals surface area contributed by atoms with E-state index in [-0.39, 0.29) is 5.84 Å². The molecule has 0 bridgehead atoms. The molecule has 2 rings (SSSR count). The molecule has 0 aliphatic rings. The molecule has 0 fully saturated rings. The van der Waals surface area contributed by atoms with Crippen molar-refractivity contribution >= 4 is 17.6 Å². The predicted molar refractivity (Wildman–Crippen MR) is 82.6 cm³/mol. The fourth-order valence-corrected chi connectivity index (χ4v) is 3.35. The summed E-state index contributed by atoms with van der Waals surface area (Å²) >= 11 is 1.46. The molecule has 0 radical (unpaired) electrons. The molecule has 20 heavy (non-hydrogen) atoms. The molecule has 2 aromatic rings. The lowest BCUT2D eigenvalue weighted by Gasteiger charge is -2.11. The Kier molecular flexibility index (Phi) is 4.09. The molecule has 0 saturated carbocycles. The van der Waals surface area contributed by atoms with Gasteiger partial charge in [0.2, 0.25) is 0 Å². The predicted octanol–water partition coefficient (Wildman–Crippen LogP) is 3.15. The Morgan fingerprint density at radius 1 is 1.05 bits per heavy atom. The van der Waals surface area contributed by atoms with Gasteiger partial charge >= 0.3 is 0 Å². The molecule has 2 heterocycles. The summed E-state index contributed by atoms with van der Waals surface area (Å²) in [6, 6.07) is 5.99. The molecular weight excluding hydrogens is 268 g/mol. The Morgan fingerprint density at radius 2 is 1.70 bits per heavy atom. The van der Waals surface area contributed by atoms with Crippen LogP contribution < -0.4 is 5.73 Å². The number of pyridine rings is 2. The van der Waals surface area contributed by atoms with Gasteiger partial charge in [0.05, 0.1) is 5.56 Å². The van der Waals surface area contributed by atoms with E-state index in [1.54, 1.807) is 0 Å². The summed E-state index contributed by atoms with van der Waals surface area (Å²) < 4.78 is 0. The second kappa shape index (κ2) is 5.63. The first kappa shape index (κ1) is 14.5. The summed E-state index contributed by atoms with van der Waals surface area (Å²) in [6.07, 6.45) is 0. The zero-order valence-corrected chi connectivity index (χ0v) is 12.9. The minimum Gasteiger partial charge on any atom is -0.384 e. The van der Waals surface area contributed by atoms with E-state index in [9.17, 15) is 0 Å². The number of rotatable bonds is 3. The summed E-state index contributed by atoms with van der Waals surface area (Å²) in [5, 5.41) is 9.36. The van der Waals surface area contributed by atoms with Crippen molar-refractivity contribution in [2.24, 2.45) is 5.73 Å². The van der Waals surface area contributed by atoms with Crippen LogP contribution in [-0.2, 0) is 0 Å². The molecule has 0 atom stereocenters. The SMILES string of the molecule is Cc1cc(C)nc(Sc2nc(C)cc(C)c2C(=N)N)c1. The Bertz CT molecular complexity index is 660. The van der Waals surface area contributed by atoms with Crippen LogP contribution in [0.15, 0.2) is 28.3 Å². The maximum absolute atomic E-state index is 7.74. The van der Waals surface area contributed by atoms with Gasteiger partial charge in [-0.25, -0.2) is 9.97 Å². The van der Waals surface area contributed by atoms with E-state index in [0.717, 1.165) is 32.6 Å². The summed E-state index contributed by atoms with van der Waals surface area (Å²) in [6.45, 7) is 7.90. The first-order valence-electron chi connectivity index (χ1n) is 6.32. The van der Waals surface area contributed by atoms with Gasteiger partial charge in [0.25, 0.3) is 0 Å². The van der Waals surface area contributed by atoms with Gasteiger partial charge in [0.1, 0.15) is 15.9 Å². The number of hydrogen-bond acceptors (Lipinski definition) is 4. The maximum Gasteiger partial charge on any atom is 0.125 e. The molecule has 2 aromatic heterocycles. The molecule has 0 amide bonds. The quantitative estimate of drug-likeness (QED) is 0.671. The van der Waals surface area contributed by atoms with Crippen molar-refractivity contribution in [1.82, 2.24) is 9.97 Å². The molecule has 0 spiro atoms. The van der Waals surface area contributed by atoms with E-state index >= 15 is 0 Å². The van der Waals surface area contributed by atoms with E-state index < -0.39 is 0 Å². The van der Waals surface area contributed by atoms with Gasteiger partial charge in [-0.3, -0.25) is 5.41 Å². The smallest absolute Gasteiger partial charge is 0.125 e. The van der Waals surface area contributed by atoms with Crippen molar-refractivity contribution in [3.05, 3.63) is 46.3 Å². The molecule has 3 N–H and O–H groups in total. The highest BCUT2D eigenvalue weighted by Gasteiger charge is 2.14. The number of hydrogen-bond donors (Lipinski definition) is 2. The van der Waals surface area contributed by atoms with Gasteiger partial charge < -0.3 is 5.73 Å². The first-order valence-corrected chi connectivity index (χ1v) is 7.14. The lowest BCUT2D eigenvalue weighted by Crippen LogP contribution is -2.15. The normalized spacial score (nSPS) is 10.6. The van der Waals surface area contributed by atoms with Gasteiger partial charge in [-0.15, -0.1) is 0 Å². The zero-order valence-electron chi connectivity index (χ0n) is 12.1. The van der Waals surface area contributed by atoms with Gasteiger partial charge in [-0.05, 0) is 68.8 Å². The van der Waals surface area contributed by atoms with Gasteiger partial charge in [-0.1, -0.05) is 0 Å². The van der Waals surface area contributed by atoms with Crippen LogP contribution in [-0.4, -0.2) is 15.8 Å². The van der Waals surface area contributed by atoms with E-state index in [1.807, 2.05) is 45.9 Å². The fourth-order valence-electron chi connectivity index (χ4n) is 2.16. The highest BCUT2D eigenvalue weighted by Crippen LogP contribution is 2.30. The van der Waals surface area contributed by atoms with Crippen molar-refractivity contribution in [3.63, 3.8) is 0 Å². The summed E-state index contributed by atoms with van der Waals surface area (Å²) in [7, 11) is 0. The number of nitrogens with one attached hydrogen (secondary N) is 1. The van der Waals surface area contributed by atoms with Crippen LogP contribution in [0.25, 0.3) is 0 Å². The van der Waals surface area contributed by atoms with Crippen molar-refractivity contribution in [3.8, 4) is 0 Å². The summed E-state index contributed by atoms with van der Waals surface area (Å²) in [5.74, 6) is 0.0434. The molecule has 5 heteroatoms. The number of nitrogens with zero attached hydrogens (tertiary/aromatic N) is 2. The number of aromatic nitrogens is 2. The molecule has 0 aromatic carbocycles. The Morgan fingerprint density at radius 3 is 2.30 bits per heavy atom. The second-order valence-corrected chi connectivity index (χ2v) is 5.91. The average molecular weight is 286 g/mol. The molecule has 0 unspecified atom stereocenters. The number of aryl methyl sites for hydroxylation is 4.